The van der Waals surface area contributed by atoms with E-state index in [1.807, 2.05) is 21.1 Å². The largest absolute Gasteiger partial charge is 0.590 e. The van der Waals surface area contributed by atoms with Gasteiger partial charge in [0.25, 0.3) is 5.28 Å². The highest BCUT2D eigenvalue weighted by atomic mass is 31.1. The molecule has 2 atom stereocenters. The molecule has 0 spiro atoms. The zero-order valence-electron chi connectivity index (χ0n) is 21.8. The molecule has 184 valence electrons. The first-order valence-corrected chi connectivity index (χ1v) is 14.6. The fourth-order valence-electron chi connectivity index (χ4n) is 4.70. The topological polar surface area (TPSA) is 40.1 Å². The minimum absolute atomic E-state index is 0.524. The summed E-state index contributed by atoms with van der Waals surface area (Å²) in [4.78, 5) is 12.1. The summed E-state index contributed by atoms with van der Waals surface area (Å²) >= 11 is 0. The lowest BCUT2D eigenvalue weighted by atomic mass is 9.99. The molecule has 0 amide bonds. The van der Waals surface area contributed by atoms with E-state index in [-0.39, 0.29) is 0 Å². The van der Waals surface area contributed by atoms with E-state index in [1.165, 1.54) is 96.3 Å². The van der Waals surface area contributed by atoms with Gasteiger partial charge >= 0.3 is 8.03 Å². The minimum Gasteiger partial charge on any atom is -0.590 e. The summed E-state index contributed by atoms with van der Waals surface area (Å²) in [6, 6.07) is 0. The molecule has 31 heavy (non-hydrogen) atoms. The Morgan fingerprint density at radius 3 is 1.45 bits per heavy atom. The summed E-state index contributed by atoms with van der Waals surface area (Å²) < 4.78 is 12.6. The fraction of sp³-hybridized carbons (Fsp3) is 0.926. The molecule has 0 aliphatic carbocycles. The number of allylic oxidation sites excluding steroid dienone is 2. The van der Waals surface area contributed by atoms with Gasteiger partial charge in [-0.1, -0.05) is 108 Å². The van der Waals surface area contributed by atoms with E-state index in [1.54, 1.807) is 0 Å². The van der Waals surface area contributed by atoms with Crippen LogP contribution < -0.4 is 4.89 Å². The van der Waals surface area contributed by atoms with E-state index < -0.39 is 13.3 Å². The van der Waals surface area contributed by atoms with Crippen molar-refractivity contribution >= 4 is 8.03 Å². The van der Waals surface area contributed by atoms with Gasteiger partial charge in [-0.3, -0.25) is 4.48 Å². The molecule has 0 aromatic heterocycles. The molecule has 0 saturated heterocycles. The standard InChI is InChI=1S/C27H55NO2P/c1-6-8-9-10-11-12-13-14-15-16-17-18-19-20-21-22-23-24-26-27(25-7-2,31(29)30)28(3,4)5/h8-9H,6-7,10-26H2,1-5H3/q+1/b9-8-. The van der Waals surface area contributed by atoms with Crippen molar-refractivity contribution in [2.24, 2.45) is 0 Å². The molecule has 0 aromatic carbocycles. The number of quaternary nitrogens is 1. The Morgan fingerprint density at radius 2 is 1.10 bits per heavy atom. The molecule has 0 saturated carbocycles. The van der Waals surface area contributed by atoms with Crippen LogP contribution in [0.15, 0.2) is 12.2 Å². The first kappa shape index (κ1) is 30.8. The van der Waals surface area contributed by atoms with Gasteiger partial charge < -0.3 is 4.89 Å². The SMILES string of the molecule is CC/C=C\CCCCCCCCCCCCCCCCC(CCC)([P+](=O)[O-])[N+](C)(C)C. The van der Waals surface area contributed by atoms with Gasteiger partial charge in [0, 0.05) is 12.8 Å². The zero-order valence-corrected chi connectivity index (χ0v) is 22.7. The van der Waals surface area contributed by atoms with Crippen LogP contribution in [0, 0.1) is 0 Å². The molecule has 0 bridgehead atoms. The average molecular weight is 457 g/mol. The van der Waals surface area contributed by atoms with Crippen LogP contribution in [-0.4, -0.2) is 30.9 Å². The third-order valence-electron chi connectivity index (χ3n) is 6.84. The first-order chi connectivity index (χ1) is 14.8. The molecule has 0 aliphatic heterocycles. The summed E-state index contributed by atoms with van der Waals surface area (Å²) in [5.41, 5.74) is 0. The Kier molecular flexibility index (Phi) is 19.1. The number of hydrogen-bond donors (Lipinski definition) is 0. The van der Waals surface area contributed by atoms with Crippen LogP contribution in [-0.2, 0) is 4.57 Å². The Labute approximate surface area is 196 Å². The van der Waals surface area contributed by atoms with Crippen LogP contribution in [0.5, 0.6) is 0 Å². The Morgan fingerprint density at radius 1 is 0.677 bits per heavy atom. The van der Waals surface area contributed by atoms with Crippen LogP contribution >= 0.6 is 8.03 Å². The van der Waals surface area contributed by atoms with E-state index in [0.29, 0.717) is 4.48 Å². The quantitative estimate of drug-likeness (QED) is 0.0709. The smallest absolute Gasteiger partial charge is 0.376 e. The second-order valence-electron chi connectivity index (χ2n) is 10.4. The van der Waals surface area contributed by atoms with Crippen molar-refractivity contribution < 1.29 is 13.9 Å². The summed E-state index contributed by atoms with van der Waals surface area (Å²) in [5, 5.41) is -0.587. The number of hydrogen-bond acceptors (Lipinski definition) is 2. The molecular formula is C27H55NO2P+. The van der Waals surface area contributed by atoms with Crippen molar-refractivity contribution in [1.82, 2.24) is 0 Å². The molecule has 0 rings (SSSR count). The van der Waals surface area contributed by atoms with E-state index in [9.17, 15) is 9.46 Å². The maximum Gasteiger partial charge on any atom is 0.376 e. The van der Waals surface area contributed by atoms with E-state index in [0.717, 1.165) is 25.7 Å². The van der Waals surface area contributed by atoms with Crippen LogP contribution in [0.25, 0.3) is 0 Å². The van der Waals surface area contributed by atoms with E-state index >= 15 is 0 Å². The molecule has 0 fully saturated rings. The summed E-state index contributed by atoms with van der Waals surface area (Å²) in [6.07, 6.45) is 28.2. The number of nitrogens with zero attached hydrogens (tertiary/aromatic N) is 1. The van der Waals surface area contributed by atoms with Crippen molar-refractivity contribution in [3.05, 3.63) is 12.2 Å². The number of rotatable bonds is 22. The molecule has 0 aliphatic rings. The Hall–Kier alpha value is -0.240. The fourth-order valence-corrected chi connectivity index (χ4v) is 5.94. The van der Waals surface area contributed by atoms with E-state index in [2.05, 4.69) is 26.0 Å². The minimum atomic E-state index is -2.42. The second kappa shape index (κ2) is 19.2. The lowest BCUT2D eigenvalue weighted by Gasteiger charge is -2.39. The Bertz CT molecular complexity index is 459. The van der Waals surface area contributed by atoms with Gasteiger partial charge in [0.05, 0.1) is 21.1 Å². The van der Waals surface area contributed by atoms with Crippen molar-refractivity contribution in [3.8, 4) is 0 Å². The van der Waals surface area contributed by atoms with Crippen molar-refractivity contribution in [2.45, 2.75) is 141 Å². The highest BCUT2D eigenvalue weighted by molar-refractivity contribution is 7.38. The Balaban J connectivity index is 3.61. The van der Waals surface area contributed by atoms with Gasteiger partial charge in [0.1, 0.15) is 0 Å². The highest BCUT2D eigenvalue weighted by Gasteiger charge is 2.53. The summed E-state index contributed by atoms with van der Waals surface area (Å²) in [7, 11) is 3.69. The molecule has 2 unspecified atom stereocenters. The van der Waals surface area contributed by atoms with Gasteiger partial charge in [-0.15, -0.1) is 0 Å². The molecular weight excluding hydrogens is 401 g/mol. The number of unbranched alkanes of at least 4 members (excludes halogenated alkanes) is 14. The van der Waals surface area contributed by atoms with Gasteiger partial charge in [0.15, 0.2) is 0 Å². The molecule has 0 N–H and O–H groups in total. The normalized spacial score (nSPS) is 14.8. The maximum absolute atomic E-state index is 12.1. The maximum atomic E-state index is 12.1. The van der Waals surface area contributed by atoms with Crippen LogP contribution in [0.1, 0.15) is 136 Å². The van der Waals surface area contributed by atoms with Gasteiger partial charge in [-0.05, 0) is 32.1 Å². The lowest BCUT2D eigenvalue weighted by molar-refractivity contribution is -0.910. The van der Waals surface area contributed by atoms with Crippen LogP contribution in [0.4, 0.5) is 0 Å². The lowest BCUT2D eigenvalue weighted by Crippen LogP contribution is -2.55. The average Bonchev–Trinajstić information content (AvgIpc) is 2.71. The third kappa shape index (κ3) is 14.5. The van der Waals surface area contributed by atoms with Crippen molar-refractivity contribution in [2.75, 3.05) is 21.1 Å². The van der Waals surface area contributed by atoms with E-state index in [4.69, 9.17) is 0 Å². The monoisotopic (exact) mass is 456 g/mol. The predicted molar refractivity (Wildman–Crippen MR) is 137 cm³/mol. The van der Waals surface area contributed by atoms with Crippen LogP contribution in [0.3, 0.4) is 0 Å². The van der Waals surface area contributed by atoms with Crippen molar-refractivity contribution in [1.29, 1.82) is 0 Å². The third-order valence-corrected chi connectivity index (χ3v) is 8.57. The van der Waals surface area contributed by atoms with Crippen molar-refractivity contribution in [3.63, 3.8) is 0 Å². The molecule has 3 nitrogen and oxygen atoms in total. The second-order valence-corrected chi connectivity index (χ2v) is 11.7. The summed E-state index contributed by atoms with van der Waals surface area (Å²) in [6.45, 7) is 4.29. The van der Waals surface area contributed by atoms with Gasteiger partial charge in [-0.25, -0.2) is 0 Å². The van der Waals surface area contributed by atoms with Gasteiger partial charge in [-0.2, -0.15) is 0 Å². The first-order valence-electron chi connectivity index (χ1n) is 13.4. The highest BCUT2D eigenvalue weighted by Crippen LogP contribution is 2.45. The molecule has 4 heteroatoms. The van der Waals surface area contributed by atoms with Gasteiger partial charge in [0.2, 0.25) is 0 Å². The predicted octanol–water partition coefficient (Wildman–Crippen LogP) is 8.50. The molecule has 0 radical (unpaired) electrons. The molecule has 0 aromatic rings. The zero-order chi connectivity index (χ0) is 23.4. The summed E-state index contributed by atoms with van der Waals surface area (Å²) in [5.74, 6) is 0. The molecule has 0 heterocycles. The van der Waals surface area contributed by atoms with Crippen LogP contribution in [0.2, 0.25) is 0 Å².